The molecular formula is C16H26N4O3. The fourth-order valence-corrected chi connectivity index (χ4v) is 2.85. The largest absolute Gasteiger partial charge is 0.488 e. The molecule has 128 valence electrons. The minimum atomic E-state index is -0.326. The fraction of sp³-hybridized carbons (Fsp3) is 0.625. The van der Waals surface area contributed by atoms with E-state index in [1.54, 1.807) is 6.07 Å². The summed E-state index contributed by atoms with van der Waals surface area (Å²) in [6.45, 7) is 2.44. The number of rotatable bonds is 8. The minimum Gasteiger partial charge on any atom is -0.488 e. The molecule has 1 aliphatic heterocycles. The molecule has 1 atom stereocenters. The van der Waals surface area contributed by atoms with Gasteiger partial charge in [-0.15, -0.1) is 0 Å². The zero-order chi connectivity index (χ0) is 17.0. The summed E-state index contributed by atoms with van der Waals surface area (Å²) in [6, 6.07) is 3.25. The van der Waals surface area contributed by atoms with Crippen LogP contribution in [0.3, 0.4) is 0 Å². The predicted octanol–water partition coefficient (Wildman–Crippen LogP) is 1.82. The van der Waals surface area contributed by atoms with E-state index in [-0.39, 0.29) is 16.7 Å². The van der Waals surface area contributed by atoms with Crippen molar-refractivity contribution in [3.8, 4) is 5.75 Å². The molecule has 1 heterocycles. The van der Waals surface area contributed by atoms with Gasteiger partial charge in [0.2, 0.25) is 0 Å². The Balaban J connectivity index is 2.15. The summed E-state index contributed by atoms with van der Waals surface area (Å²) in [5, 5.41) is 14.6. The van der Waals surface area contributed by atoms with E-state index < -0.39 is 0 Å². The summed E-state index contributed by atoms with van der Waals surface area (Å²) in [6.07, 6.45) is 1.67. The van der Waals surface area contributed by atoms with Crippen LogP contribution in [0.1, 0.15) is 12.0 Å². The Bertz CT molecular complexity index is 561. The highest BCUT2D eigenvalue weighted by Gasteiger charge is 2.30. The number of likely N-dealkylation sites (N-methyl/N-ethyl adjacent to an activating group) is 1. The maximum absolute atomic E-state index is 11.3. The molecule has 1 aliphatic rings. The van der Waals surface area contributed by atoms with Crippen LogP contribution in [0.5, 0.6) is 5.75 Å². The highest BCUT2D eigenvalue weighted by molar-refractivity contribution is 5.71. The number of nitro groups is 1. The van der Waals surface area contributed by atoms with Crippen LogP contribution in [0, 0.1) is 10.1 Å². The van der Waals surface area contributed by atoms with E-state index in [4.69, 9.17) is 4.74 Å². The van der Waals surface area contributed by atoms with E-state index in [9.17, 15) is 10.1 Å². The maximum atomic E-state index is 11.3. The van der Waals surface area contributed by atoms with Gasteiger partial charge in [0.05, 0.1) is 4.92 Å². The van der Waals surface area contributed by atoms with Gasteiger partial charge >= 0.3 is 0 Å². The van der Waals surface area contributed by atoms with Gasteiger partial charge in [-0.25, -0.2) is 0 Å². The topological polar surface area (TPSA) is 70.9 Å². The Morgan fingerprint density at radius 2 is 2.04 bits per heavy atom. The fourth-order valence-electron chi connectivity index (χ4n) is 2.85. The first-order valence-electron chi connectivity index (χ1n) is 7.88. The normalized spacial score (nSPS) is 16.5. The number of benzene rings is 1. The van der Waals surface area contributed by atoms with E-state index in [1.807, 2.05) is 28.2 Å². The second kappa shape index (κ2) is 7.61. The van der Waals surface area contributed by atoms with Crippen molar-refractivity contribution in [1.82, 2.24) is 9.80 Å². The molecule has 0 spiro atoms. The number of fused-ring (bicyclic) bond motifs is 1. The molecule has 0 amide bonds. The first-order chi connectivity index (χ1) is 10.9. The highest BCUT2D eigenvalue weighted by atomic mass is 16.6. The van der Waals surface area contributed by atoms with Crippen molar-refractivity contribution >= 4 is 11.4 Å². The summed E-state index contributed by atoms with van der Waals surface area (Å²) in [7, 11) is 8.02. The summed E-state index contributed by atoms with van der Waals surface area (Å²) in [5.41, 5.74) is 1.67. The van der Waals surface area contributed by atoms with Crippen LogP contribution in [0.25, 0.3) is 0 Å². The molecule has 7 heteroatoms. The molecule has 23 heavy (non-hydrogen) atoms. The molecule has 1 aromatic rings. The third kappa shape index (κ3) is 4.56. The zero-order valence-corrected chi connectivity index (χ0v) is 14.3. The first-order valence-corrected chi connectivity index (χ1v) is 7.88. The van der Waals surface area contributed by atoms with Gasteiger partial charge in [0, 0.05) is 31.1 Å². The van der Waals surface area contributed by atoms with E-state index in [1.165, 1.54) is 6.07 Å². The Labute approximate surface area is 137 Å². The smallest absolute Gasteiger partial charge is 0.292 e. The lowest BCUT2D eigenvalue weighted by Crippen LogP contribution is -2.29. The van der Waals surface area contributed by atoms with Gasteiger partial charge in [0.25, 0.3) is 5.69 Å². The van der Waals surface area contributed by atoms with Crippen LogP contribution in [0.2, 0.25) is 0 Å². The summed E-state index contributed by atoms with van der Waals surface area (Å²) >= 11 is 0. The molecule has 2 rings (SSSR count). The van der Waals surface area contributed by atoms with E-state index in [2.05, 4.69) is 15.1 Å². The number of anilines is 1. The van der Waals surface area contributed by atoms with Crippen molar-refractivity contribution in [2.24, 2.45) is 0 Å². The van der Waals surface area contributed by atoms with E-state index >= 15 is 0 Å². The lowest BCUT2D eigenvalue weighted by molar-refractivity contribution is -0.384. The highest BCUT2D eigenvalue weighted by Crippen LogP contribution is 2.40. The van der Waals surface area contributed by atoms with Crippen LogP contribution in [0.15, 0.2) is 12.1 Å². The summed E-state index contributed by atoms with van der Waals surface area (Å²) in [4.78, 5) is 15.2. The van der Waals surface area contributed by atoms with Crippen LogP contribution in [0.4, 0.5) is 11.4 Å². The minimum absolute atomic E-state index is 0.0457. The molecule has 1 aromatic carbocycles. The van der Waals surface area contributed by atoms with Crippen molar-refractivity contribution < 1.29 is 9.66 Å². The van der Waals surface area contributed by atoms with Crippen molar-refractivity contribution in [1.29, 1.82) is 0 Å². The van der Waals surface area contributed by atoms with E-state index in [0.717, 1.165) is 30.8 Å². The van der Waals surface area contributed by atoms with E-state index in [0.29, 0.717) is 18.7 Å². The molecule has 7 nitrogen and oxygen atoms in total. The average molecular weight is 322 g/mol. The van der Waals surface area contributed by atoms with Crippen molar-refractivity contribution in [2.45, 2.75) is 18.9 Å². The van der Waals surface area contributed by atoms with Gasteiger partial charge in [0.1, 0.15) is 17.5 Å². The number of nitrogens with one attached hydrogen (secondary N) is 1. The van der Waals surface area contributed by atoms with Crippen LogP contribution < -0.4 is 10.1 Å². The van der Waals surface area contributed by atoms with Crippen molar-refractivity contribution in [3.05, 3.63) is 27.8 Å². The van der Waals surface area contributed by atoms with Gasteiger partial charge in [-0.05, 0) is 47.2 Å². The van der Waals surface area contributed by atoms with Gasteiger partial charge in [-0.2, -0.15) is 0 Å². The number of nitrogens with zero attached hydrogens (tertiary/aromatic N) is 3. The summed E-state index contributed by atoms with van der Waals surface area (Å²) < 4.78 is 5.93. The van der Waals surface area contributed by atoms with Crippen molar-refractivity contribution in [3.63, 3.8) is 0 Å². The SMILES string of the molecule is CN(C)CCCNc1c([N+](=O)[O-])ccc2c1CC(CN(C)C)O2. The van der Waals surface area contributed by atoms with Crippen molar-refractivity contribution in [2.75, 3.05) is 53.1 Å². The third-order valence-corrected chi connectivity index (χ3v) is 3.82. The standard InChI is InChI=1S/C16H26N4O3/c1-18(2)9-5-8-17-16-13-10-12(11-19(3)4)23-15(13)7-6-14(16)20(21)22/h6-7,12,17H,5,8-11H2,1-4H3. The number of ether oxygens (including phenoxy) is 1. The predicted molar refractivity (Wildman–Crippen MR) is 91.4 cm³/mol. The molecule has 0 bridgehead atoms. The lowest BCUT2D eigenvalue weighted by atomic mass is 10.1. The maximum Gasteiger partial charge on any atom is 0.292 e. The number of hydrogen-bond acceptors (Lipinski definition) is 6. The van der Waals surface area contributed by atoms with Gasteiger partial charge in [-0.1, -0.05) is 0 Å². The van der Waals surface area contributed by atoms with Gasteiger partial charge in [-0.3, -0.25) is 10.1 Å². The summed E-state index contributed by atoms with van der Waals surface area (Å²) in [5.74, 6) is 0.762. The zero-order valence-electron chi connectivity index (χ0n) is 14.3. The van der Waals surface area contributed by atoms with Crippen LogP contribution in [-0.4, -0.2) is 68.7 Å². The molecular weight excluding hydrogens is 296 g/mol. The lowest BCUT2D eigenvalue weighted by Gasteiger charge is -2.15. The van der Waals surface area contributed by atoms with Crippen LogP contribution in [-0.2, 0) is 6.42 Å². The molecule has 0 fully saturated rings. The monoisotopic (exact) mass is 322 g/mol. The molecule has 1 N–H and O–H groups in total. The van der Waals surface area contributed by atoms with Gasteiger partial charge < -0.3 is 19.9 Å². The average Bonchev–Trinajstić information content (AvgIpc) is 2.84. The molecule has 0 saturated heterocycles. The molecule has 0 saturated carbocycles. The number of hydrogen-bond donors (Lipinski definition) is 1. The second-order valence-electron chi connectivity index (χ2n) is 6.48. The Morgan fingerprint density at radius 3 is 2.65 bits per heavy atom. The Hall–Kier alpha value is -1.86. The molecule has 0 aliphatic carbocycles. The molecule has 1 unspecified atom stereocenters. The first kappa shape index (κ1) is 17.5. The molecule has 0 aromatic heterocycles. The quantitative estimate of drug-likeness (QED) is 0.447. The van der Waals surface area contributed by atoms with Gasteiger partial charge in [0.15, 0.2) is 0 Å². The number of nitro benzene ring substituents is 1. The molecule has 0 radical (unpaired) electrons. The second-order valence-corrected chi connectivity index (χ2v) is 6.48. The Kier molecular flexibility index (Phi) is 5.79. The van der Waals surface area contributed by atoms with Crippen LogP contribution >= 0.6 is 0 Å². The third-order valence-electron chi connectivity index (χ3n) is 3.82. The Morgan fingerprint density at radius 1 is 1.30 bits per heavy atom.